The van der Waals surface area contributed by atoms with Gasteiger partial charge in [0.25, 0.3) is 0 Å². The van der Waals surface area contributed by atoms with E-state index >= 15 is 0 Å². The van der Waals surface area contributed by atoms with Crippen LogP contribution in [0, 0.1) is 0 Å². The third kappa shape index (κ3) is 3.78. The highest BCUT2D eigenvalue weighted by Crippen LogP contribution is 1.90. The summed E-state index contributed by atoms with van der Waals surface area (Å²) in [7, 11) is 0. The van der Waals surface area contributed by atoms with Crippen LogP contribution in [0.5, 0.6) is 0 Å². The molecule has 0 aromatic heterocycles. The van der Waals surface area contributed by atoms with Gasteiger partial charge >= 0.3 is 6.47 Å². The van der Waals surface area contributed by atoms with Crippen LogP contribution in [0.15, 0.2) is 0 Å². The second-order valence-electron chi connectivity index (χ2n) is 0.427. The Balaban J connectivity index is 2.49. The molecule has 0 aliphatic carbocycles. The van der Waals surface area contributed by atoms with Crippen LogP contribution in [0.2, 0.25) is 0 Å². The van der Waals surface area contributed by atoms with Crippen molar-refractivity contribution < 1.29 is 14.0 Å². The monoisotopic (exact) mass is 108 g/mol. The summed E-state index contributed by atoms with van der Waals surface area (Å²) >= 11 is 0.973. The average molecular weight is 108 g/mol. The molecule has 0 N–H and O–H groups in total. The molecule has 0 bridgehead atoms. The van der Waals surface area contributed by atoms with Gasteiger partial charge in [0.05, 0.1) is 0 Å². The van der Waals surface area contributed by atoms with Crippen molar-refractivity contribution in [3.05, 3.63) is 0 Å². The van der Waals surface area contributed by atoms with Gasteiger partial charge in [-0.1, -0.05) is 0 Å². The Morgan fingerprint density at radius 1 is 1.83 bits per heavy atom. The first-order valence-electron chi connectivity index (χ1n) is 1.21. The molecule has 0 atom stereocenters. The fourth-order valence-electron chi connectivity index (χ4n) is 0.0553. The van der Waals surface area contributed by atoms with Crippen molar-refractivity contribution in [3.8, 4) is 0 Å². The normalized spacial score (nSPS) is 7.50. The molecule has 36 valence electrons. The van der Waals surface area contributed by atoms with E-state index in [1.54, 1.807) is 6.26 Å². The van der Waals surface area contributed by atoms with E-state index in [2.05, 4.69) is 9.22 Å². The van der Waals surface area contributed by atoms with Gasteiger partial charge in [-0.2, -0.15) is 0 Å². The van der Waals surface area contributed by atoms with E-state index in [1.807, 2.05) is 0 Å². The van der Waals surface area contributed by atoms with Crippen LogP contribution in [-0.4, -0.2) is 12.7 Å². The first-order valence-corrected chi connectivity index (χ1v) is 2.36. The molecule has 0 amide bonds. The number of hydrogen-bond acceptors (Lipinski definition) is 4. The summed E-state index contributed by atoms with van der Waals surface area (Å²) < 4.78 is 4.03. The van der Waals surface area contributed by atoms with Gasteiger partial charge in [0.2, 0.25) is 0 Å². The van der Waals surface area contributed by atoms with E-state index in [0.717, 1.165) is 12.0 Å². The van der Waals surface area contributed by atoms with Crippen LogP contribution in [0.4, 0.5) is 0 Å². The fourth-order valence-corrected chi connectivity index (χ4v) is 0.166. The van der Waals surface area contributed by atoms with E-state index in [9.17, 15) is 4.79 Å². The molecule has 0 spiro atoms. The van der Waals surface area contributed by atoms with Gasteiger partial charge in [0.15, 0.2) is 0 Å². The van der Waals surface area contributed by atoms with E-state index in [0.29, 0.717) is 0 Å². The van der Waals surface area contributed by atoms with Gasteiger partial charge in [0.1, 0.15) is 0 Å². The lowest BCUT2D eigenvalue weighted by Crippen LogP contribution is -1.78. The molecule has 0 unspecified atom stereocenters. The van der Waals surface area contributed by atoms with Crippen molar-refractivity contribution in [1.29, 1.82) is 0 Å². The zero-order valence-electron chi connectivity index (χ0n) is 3.21. The quantitative estimate of drug-likeness (QED) is 0.172. The summed E-state index contributed by atoms with van der Waals surface area (Å²) in [6.45, 7) is 0.219. The molecule has 6 heavy (non-hydrogen) atoms. The average Bonchev–Trinajstić information content (AvgIpc) is 1.61. The number of carbonyl (C=O) groups is 1. The number of carbonyl (C=O) groups excluding carboxylic acids is 1. The molecule has 0 aromatic carbocycles. The molecule has 3 nitrogen and oxygen atoms in total. The molecular formula is C2H4O3S. The third-order valence-corrected chi connectivity index (χ3v) is 0.361. The lowest BCUT2D eigenvalue weighted by Gasteiger charge is -1.84. The van der Waals surface area contributed by atoms with Crippen molar-refractivity contribution in [2.24, 2.45) is 0 Å². The van der Waals surface area contributed by atoms with E-state index in [1.165, 1.54) is 0 Å². The van der Waals surface area contributed by atoms with Crippen molar-refractivity contribution >= 4 is 18.5 Å². The van der Waals surface area contributed by atoms with Gasteiger partial charge in [-0.25, -0.2) is 0 Å². The van der Waals surface area contributed by atoms with Crippen molar-refractivity contribution in [3.63, 3.8) is 0 Å². The maximum Gasteiger partial charge on any atom is 0.332 e. The Hall–Kier alpha value is -0.220. The van der Waals surface area contributed by atoms with Crippen LogP contribution >= 0.6 is 12.0 Å². The van der Waals surface area contributed by atoms with E-state index in [-0.39, 0.29) is 6.47 Å². The Labute approximate surface area is 39.8 Å². The maximum absolute atomic E-state index is 9.20. The first-order chi connectivity index (χ1) is 2.91. The summed E-state index contributed by atoms with van der Waals surface area (Å²) in [6, 6.07) is 0. The Morgan fingerprint density at radius 2 is 2.50 bits per heavy atom. The minimum Gasteiger partial charge on any atom is -0.289 e. The molecule has 0 aliphatic heterocycles. The zero-order chi connectivity index (χ0) is 4.83. The molecule has 0 fully saturated rings. The van der Waals surface area contributed by atoms with E-state index < -0.39 is 0 Å². The van der Waals surface area contributed by atoms with Crippen LogP contribution in [-0.2, 0) is 14.0 Å². The second-order valence-corrected chi connectivity index (χ2v) is 0.897. The minimum atomic E-state index is 0.219. The van der Waals surface area contributed by atoms with Gasteiger partial charge in [-0.3, -0.25) is 9.68 Å². The van der Waals surface area contributed by atoms with Crippen LogP contribution in [0.3, 0.4) is 0 Å². The molecule has 4 heteroatoms. The van der Waals surface area contributed by atoms with Crippen molar-refractivity contribution in [2.75, 3.05) is 6.26 Å². The zero-order valence-corrected chi connectivity index (χ0v) is 4.03. The molecule has 0 saturated carbocycles. The van der Waals surface area contributed by atoms with Gasteiger partial charge in [-0.05, 0) is 0 Å². The summed E-state index contributed by atoms with van der Waals surface area (Å²) in [5.74, 6) is 0. The van der Waals surface area contributed by atoms with Crippen molar-refractivity contribution in [1.82, 2.24) is 0 Å². The molecule has 0 aliphatic rings. The van der Waals surface area contributed by atoms with Crippen LogP contribution < -0.4 is 0 Å². The smallest absolute Gasteiger partial charge is 0.289 e. The van der Waals surface area contributed by atoms with Crippen LogP contribution in [0.1, 0.15) is 0 Å². The molecule has 0 saturated heterocycles. The van der Waals surface area contributed by atoms with Gasteiger partial charge < -0.3 is 0 Å². The van der Waals surface area contributed by atoms with Gasteiger partial charge in [0, 0.05) is 18.3 Å². The predicted octanol–water partition coefficient (Wildman–Crippen LogP) is 0.369. The molecule has 0 aromatic rings. The minimum absolute atomic E-state index is 0.219. The third-order valence-electron chi connectivity index (χ3n) is 0.147. The molecule has 0 heterocycles. The fraction of sp³-hybridized carbons (Fsp3) is 0.500. The second kappa shape index (κ2) is 4.78. The summed E-state index contributed by atoms with van der Waals surface area (Å²) in [5.41, 5.74) is 0. The first kappa shape index (κ1) is 5.78. The van der Waals surface area contributed by atoms with E-state index in [4.69, 9.17) is 0 Å². The standard InChI is InChI=1S/C2H4O3S/c1-6-5-4-2-3/h2H,1H3. The Bertz CT molecular complexity index is 37.8. The molecule has 0 rings (SSSR count). The SMILES string of the molecule is CSOOC=O. The highest BCUT2D eigenvalue weighted by Gasteiger charge is 1.71. The lowest BCUT2D eigenvalue weighted by molar-refractivity contribution is -0.188. The highest BCUT2D eigenvalue weighted by atomic mass is 32.2. The van der Waals surface area contributed by atoms with Gasteiger partial charge in [-0.15, -0.1) is 4.33 Å². The Kier molecular flexibility index (Phi) is 4.60. The number of hydrogen-bond donors (Lipinski definition) is 0. The largest absolute Gasteiger partial charge is 0.332 e. The summed E-state index contributed by atoms with van der Waals surface area (Å²) in [6.07, 6.45) is 1.64. The Morgan fingerprint density at radius 3 is 2.67 bits per heavy atom. The molecule has 0 radical (unpaired) electrons. The topological polar surface area (TPSA) is 35.5 Å². The van der Waals surface area contributed by atoms with Crippen LogP contribution in [0.25, 0.3) is 0 Å². The maximum atomic E-state index is 9.20. The highest BCUT2D eigenvalue weighted by molar-refractivity contribution is 7.93. The summed E-state index contributed by atoms with van der Waals surface area (Å²) in [4.78, 5) is 13.0. The molecular weight excluding hydrogens is 104 g/mol. The van der Waals surface area contributed by atoms with Crippen molar-refractivity contribution in [2.45, 2.75) is 0 Å². The predicted molar refractivity (Wildman–Crippen MR) is 21.7 cm³/mol. The summed E-state index contributed by atoms with van der Waals surface area (Å²) in [5, 5.41) is 0. The lowest BCUT2D eigenvalue weighted by atomic mass is 11.7. The number of rotatable bonds is 3.